The van der Waals surface area contributed by atoms with Crippen molar-refractivity contribution in [1.29, 1.82) is 0 Å². The molecule has 30 rings (SSSR count). The van der Waals surface area contributed by atoms with Gasteiger partial charge >= 0.3 is 12.1 Å². The lowest BCUT2D eigenvalue weighted by Gasteiger charge is -2.62. The van der Waals surface area contributed by atoms with E-state index in [0.29, 0.717) is 145 Å². The Balaban J connectivity index is 0.000000123. The van der Waals surface area contributed by atoms with Crippen LogP contribution in [0.1, 0.15) is 258 Å². The summed E-state index contributed by atoms with van der Waals surface area (Å²) in [4.78, 5) is 96.9. The predicted octanol–water partition coefficient (Wildman–Crippen LogP) is 19.6. The Labute approximate surface area is 815 Å². The fourth-order valence-corrected chi connectivity index (χ4v) is 34.2. The molecule has 0 spiro atoms. The van der Waals surface area contributed by atoms with Crippen molar-refractivity contribution in [3.8, 4) is 5.75 Å². The van der Waals surface area contributed by atoms with Crippen LogP contribution in [0.2, 0.25) is 0 Å². The zero-order valence-electron chi connectivity index (χ0n) is 77.8. The van der Waals surface area contributed by atoms with E-state index < -0.39 is 12.1 Å². The molecule has 5 aliphatic heterocycles. The van der Waals surface area contributed by atoms with Crippen molar-refractivity contribution < 1.29 is 72.2 Å². The molecule has 6 amide bonds. The van der Waals surface area contributed by atoms with Crippen LogP contribution in [0.15, 0.2) is 133 Å². The van der Waals surface area contributed by atoms with Gasteiger partial charge in [0.15, 0.2) is 0 Å². The molecule has 20 saturated carbocycles. The van der Waals surface area contributed by atoms with Gasteiger partial charge in [-0.1, -0.05) is 134 Å². The standard InChI is InChI=1S/C23H29FN2O3.C23H29NO3.C22H29NO3.C22H29NO2.C21H26FNO2.5CH4/c1-25-22(28)29-20-12-26(13-20)21(27)11-23(16-2-4-19(24)5-3-16)17-7-14-6-15(9-17)10-18(23)8-14;25-21(24-13-18(14-24)22(26)27)12-23(11-15-4-2-1-3-5-15)19-7-16-6-17(9-19)10-20(23)8-16;1-26-20-4-2-3-16(10-20)22(11-21(25)23-12-19(24)13-23)17-6-14-5-15(8-17)9-18(22)7-14;24-20-13-23(14-20)21(25)12-22(11-15-4-2-1-3-5-15)18-7-16-6-17(9-18)10-19(22)8-16;22-18-3-1-2-15(9-18)21(10-20(25)23-11-19(24)12-23)16-5-13-4-14(7-16)8-17(21)6-13;;;;;/h2-5,14-15,17-18,20H,6-13H2,1H3,(H,25,28);1-5,16-20H,6-14H2,(H,26,27);2-4,10,14-15,17-19,24H,5-9,11-13H2,1H3;1-5,16-20,24H,6-14H2;1-3,9,13-14,16-17,19,24H,4-8,10-12H2;5*1H4. The molecule has 5 heterocycles. The van der Waals surface area contributed by atoms with E-state index in [1.165, 1.54) is 190 Å². The first-order valence-corrected chi connectivity index (χ1v) is 51.5. The molecule has 5 saturated heterocycles. The Morgan fingerprint density at radius 1 is 0.336 bits per heavy atom. The van der Waals surface area contributed by atoms with Gasteiger partial charge in [0.25, 0.3) is 0 Å². The van der Waals surface area contributed by atoms with Crippen LogP contribution in [0.5, 0.6) is 5.75 Å². The molecular formula is C116H162F2N6O13. The van der Waals surface area contributed by atoms with Crippen LogP contribution in [0.3, 0.4) is 0 Å². The molecule has 5 N–H and O–H groups in total. The van der Waals surface area contributed by atoms with Crippen molar-refractivity contribution in [2.75, 3.05) is 79.6 Å². The monoisotopic (exact) mass is 1890 g/mol. The van der Waals surface area contributed by atoms with Crippen LogP contribution in [0.4, 0.5) is 13.6 Å². The number of halogens is 2. The number of benzene rings is 5. The number of aliphatic carboxylic acids is 1. The molecule has 0 unspecified atom stereocenters. The number of rotatable bonds is 20. The minimum absolute atomic E-state index is 0. The molecule has 137 heavy (non-hydrogen) atoms. The van der Waals surface area contributed by atoms with Gasteiger partial charge in [0.05, 0.1) is 44.4 Å². The first-order valence-electron chi connectivity index (χ1n) is 51.5. The largest absolute Gasteiger partial charge is 0.497 e. The normalized spacial score (nSPS) is 36.5. The van der Waals surface area contributed by atoms with E-state index in [9.17, 15) is 57.7 Å². The number of nitrogens with zero attached hydrogens (tertiary/aromatic N) is 5. The molecule has 0 radical (unpaired) electrons. The molecule has 748 valence electrons. The molecule has 19 nitrogen and oxygen atoms in total. The third-order valence-electron chi connectivity index (χ3n) is 39.6. The molecule has 5 aromatic rings. The van der Waals surface area contributed by atoms with Gasteiger partial charge in [-0.25, -0.2) is 13.6 Å². The number of alkyl carbamates (subject to hydrolysis) is 1. The zero-order chi connectivity index (χ0) is 90.9. The predicted molar refractivity (Wildman–Crippen MR) is 529 cm³/mol. The number of carbonyl (C=O) groups is 7. The maximum absolute atomic E-state index is 14.0. The summed E-state index contributed by atoms with van der Waals surface area (Å²) in [5.74, 6) is 14.9. The second-order valence-electron chi connectivity index (χ2n) is 46.8. The number of aliphatic hydroxyl groups is 3. The van der Waals surface area contributed by atoms with Gasteiger partial charge in [-0.05, 0) is 367 Å². The smallest absolute Gasteiger partial charge is 0.407 e. The lowest BCUT2D eigenvalue weighted by atomic mass is 9.43. The minimum atomic E-state index is -0.771. The van der Waals surface area contributed by atoms with E-state index >= 15 is 0 Å². The van der Waals surface area contributed by atoms with Gasteiger partial charge in [0, 0.05) is 108 Å². The Morgan fingerprint density at radius 3 is 0.934 bits per heavy atom. The van der Waals surface area contributed by atoms with Gasteiger partial charge in [0.1, 0.15) is 23.5 Å². The van der Waals surface area contributed by atoms with Crippen molar-refractivity contribution in [3.63, 3.8) is 0 Å². The highest BCUT2D eigenvalue weighted by molar-refractivity contribution is 5.83. The quantitative estimate of drug-likeness (QED) is 0.0487. The first kappa shape index (κ1) is 102. The molecule has 0 aromatic heterocycles. The van der Waals surface area contributed by atoms with Crippen LogP contribution in [-0.4, -0.2) is 191 Å². The third-order valence-corrected chi connectivity index (χ3v) is 39.6. The summed E-state index contributed by atoms with van der Waals surface area (Å²) in [6, 6.07) is 44.0. The molecule has 25 fully saturated rings. The van der Waals surface area contributed by atoms with E-state index in [1.54, 1.807) is 41.2 Å². The number of nitrogens with one attached hydrogen (secondary N) is 1. The van der Waals surface area contributed by atoms with Crippen molar-refractivity contribution in [2.24, 2.45) is 135 Å². The Bertz CT molecular complexity index is 4900. The van der Waals surface area contributed by atoms with Gasteiger partial charge in [-0.15, -0.1) is 0 Å². The number of hydrogen-bond acceptors (Lipinski definition) is 12. The summed E-state index contributed by atoms with van der Waals surface area (Å²) in [6.45, 7) is 4.74. The molecule has 20 aliphatic carbocycles. The van der Waals surface area contributed by atoms with E-state index in [4.69, 9.17) is 14.6 Å². The van der Waals surface area contributed by atoms with Crippen molar-refractivity contribution in [2.45, 2.75) is 283 Å². The van der Waals surface area contributed by atoms with Gasteiger partial charge in [-0.3, -0.25) is 28.8 Å². The summed E-state index contributed by atoms with van der Waals surface area (Å²) in [6.07, 6.45) is 35.5. The number of carboxylic acids is 1. The molecule has 20 bridgehead atoms. The van der Waals surface area contributed by atoms with Crippen LogP contribution in [0, 0.1) is 147 Å². The summed E-state index contributed by atoms with van der Waals surface area (Å²) < 4.78 is 38.4. The lowest BCUT2D eigenvalue weighted by Crippen LogP contribution is -2.60. The van der Waals surface area contributed by atoms with E-state index in [0.717, 1.165) is 101 Å². The van der Waals surface area contributed by atoms with Gasteiger partial charge in [-0.2, -0.15) is 0 Å². The number of likely N-dealkylation sites (tertiary alicyclic amines) is 5. The number of aliphatic hydroxyl groups excluding tert-OH is 3. The maximum Gasteiger partial charge on any atom is 0.407 e. The fourth-order valence-electron chi connectivity index (χ4n) is 34.2. The number of ether oxygens (including phenoxy) is 2. The minimum Gasteiger partial charge on any atom is -0.497 e. The number of carboxylic acid groups (broad SMARTS) is 1. The molecule has 21 heteroatoms. The van der Waals surface area contributed by atoms with Crippen LogP contribution < -0.4 is 10.1 Å². The van der Waals surface area contributed by atoms with Gasteiger partial charge < -0.3 is 59.7 Å². The number of hydrogen-bond donors (Lipinski definition) is 5. The Hall–Kier alpha value is -8.27. The highest BCUT2D eigenvalue weighted by atomic mass is 19.1. The highest BCUT2D eigenvalue weighted by Crippen LogP contribution is 2.71. The average molecular weight is 1890 g/mol. The van der Waals surface area contributed by atoms with Crippen LogP contribution in [0.25, 0.3) is 0 Å². The fraction of sp³-hybridized carbons (Fsp3) is 0.681. The lowest BCUT2D eigenvalue weighted by molar-refractivity contribution is -0.161. The van der Waals surface area contributed by atoms with E-state index in [-0.39, 0.29) is 136 Å². The van der Waals surface area contributed by atoms with Crippen molar-refractivity contribution in [3.05, 3.63) is 173 Å². The van der Waals surface area contributed by atoms with Gasteiger partial charge in [0.2, 0.25) is 29.5 Å². The highest BCUT2D eigenvalue weighted by Gasteiger charge is 2.65. The molecule has 0 atom stereocenters. The molecular weight excluding hydrogens is 1720 g/mol. The maximum atomic E-state index is 14.0. The number of carbonyl (C=O) groups excluding carboxylic acids is 6. The van der Waals surface area contributed by atoms with Crippen molar-refractivity contribution >= 4 is 41.6 Å². The summed E-state index contributed by atoms with van der Waals surface area (Å²) >= 11 is 0. The topological polar surface area (TPSA) is 247 Å². The van der Waals surface area contributed by atoms with Crippen molar-refractivity contribution in [1.82, 2.24) is 29.8 Å². The summed E-state index contributed by atoms with van der Waals surface area (Å²) in [7, 11) is 3.25. The number of methoxy groups -OCH3 is 1. The van der Waals surface area contributed by atoms with Crippen LogP contribution >= 0.6 is 0 Å². The second-order valence-corrected chi connectivity index (χ2v) is 46.8. The second kappa shape index (κ2) is 41.0. The average Bonchev–Trinajstić information content (AvgIpc) is 0.719. The third kappa shape index (κ3) is 19.4. The Morgan fingerprint density at radius 2 is 0.628 bits per heavy atom. The number of β-amino-alcohol motifs (C(OH)–C–C–N with tert-alkyl or cyclic N) is 3. The SMILES string of the molecule is C.C.C.C.C.CNC(=O)OC1CN(C(=O)CC2(c3ccc(F)cc3)C3CC4CC(C3)CC2C4)C1.COc1cccc(C2(CC(=O)N3CC(O)C3)C3CC4CC(C3)CC2C4)c1.O=C(CC1(Cc2ccccc2)C2CC3CC(C2)CC1C3)N1CC(O)C1.O=C(CC1(c2cccc(F)c2)C2CC3CC(C2)CC1C3)N1CC(O)C1.O=C(O)C1CN(C(=O)CC2(Cc3ccccc3)C3CC4CC(C3)CC2C4)C1. The molecule has 25 aliphatic rings. The van der Waals surface area contributed by atoms with E-state index in [2.05, 4.69) is 84.2 Å². The number of amides is 6. The zero-order valence-corrected chi connectivity index (χ0v) is 77.8. The Kier molecular flexibility index (Phi) is 30.4. The first-order chi connectivity index (χ1) is 63.7. The van der Waals surface area contributed by atoms with Crippen LogP contribution in [-0.2, 0) is 62.6 Å². The summed E-state index contributed by atoms with van der Waals surface area (Å²) in [5.41, 5.74) is 6.05. The molecule has 5 aromatic carbocycles. The van der Waals surface area contributed by atoms with E-state index in [1.807, 2.05) is 39.0 Å². The summed E-state index contributed by atoms with van der Waals surface area (Å²) in [5, 5.41) is 40.3.